The molecule has 7 nitrogen and oxygen atoms in total. The highest BCUT2D eigenvalue weighted by Gasteiger charge is 2.09. The van der Waals surface area contributed by atoms with E-state index in [2.05, 4.69) is 20.7 Å². The largest absolute Gasteiger partial charge is 0.382 e. The molecule has 142 valence electrons. The minimum absolute atomic E-state index is 0.177. The quantitative estimate of drug-likeness (QED) is 0.158. The minimum atomic E-state index is -0.177. The van der Waals surface area contributed by atoms with Crippen molar-refractivity contribution >= 4 is 39.1 Å². The van der Waals surface area contributed by atoms with Crippen LogP contribution in [-0.2, 0) is 0 Å². The third-order valence-electron chi connectivity index (χ3n) is 4.59. The van der Waals surface area contributed by atoms with Gasteiger partial charge in [0.15, 0.2) is 0 Å². The third-order valence-corrected chi connectivity index (χ3v) is 4.59. The third kappa shape index (κ3) is 3.95. The Bertz CT molecular complexity index is 1180. The normalized spacial score (nSPS) is 10.5. The summed E-state index contributed by atoms with van der Waals surface area (Å²) in [5.74, 6) is -0.177. The molecule has 0 aliphatic heterocycles. The van der Waals surface area contributed by atoms with Gasteiger partial charge >= 0.3 is 0 Å². The van der Waals surface area contributed by atoms with Gasteiger partial charge in [-0.1, -0.05) is 53.6 Å². The predicted molar refractivity (Wildman–Crippen MR) is 115 cm³/mol. The number of nitrogens with zero attached hydrogens (tertiary/aromatic N) is 4. The fourth-order valence-electron chi connectivity index (χ4n) is 3.23. The molecule has 2 N–H and O–H groups in total. The Labute approximate surface area is 167 Å². The lowest BCUT2D eigenvalue weighted by Gasteiger charge is -2.13. The Morgan fingerprint density at radius 2 is 1.52 bits per heavy atom. The van der Waals surface area contributed by atoms with Gasteiger partial charge in [-0.05, 0) is 29.8 Å². The van der Waals surface area contributed by atoms with E-state index in [0.29, 0.717) is 24.3 Å². The van der Waals surface area contributed by atoms with Crippen molar-refractivity contribution in [2.45, 2.75) is 0 Å². The monoisotopic (exact) mass is 382 g/mol. The van der Waals surface area contributed by atoms with E-state index in [1.807, 2.05) is 48.5 Å². The van der Waals surface area contributed by atoms with Crippen LogP contribution in [0.2, 0.25) is 0 Å². The Morgan fingerprint density at radius 3 is 2.14 bits per heavy atom. The number of nitrogens with one attached hydrogen (secondary N) is 2. The second-order valence-corrected chi connectivity index (χ2v) is 6.44. The molecule has 0 aliphatic carbocycles. The van der Waals surface area contributed by atoms with E-state index < -0.39 is 0 Å². The molecular formula is C22H18N6O. The van der Waals surface area contributed by atoms with Gasteiger partial charge in [0.05, 0.1) is 16.7 Å². The standard InChI is InChI=1S/C22H18N6O/c23-28-27-16-11-9-15(10-12-16)22(29)25-14-13-24-21-17-5-1-3-7-19(17)26-20-8-4-2-6-18(20)21/h1-12H,13-14H2,(H,24,26)(H,25,29). The number of pyridine rings is 1. The maximum atomic E-state index is 12.3. The molecular weight excluding hydrogens is 364 g/mol. The number of carbonyl (C=O) groups is 1. The van der Waals surface area contributed by atoms with Gasteiger partial charge in [0, 0.05) is 40.0 Å². The molecule has 0 saturated heterocycles. The molecule has 3 aromatic carbocycles. The van der Waals surface area contributed by atoms with Crippen LogP contribution in [0.4, 0.5) is 11.4 Å². The van der Waals surface area contributed by atoms with E-state index in [9.17, 15) is 4.79 Å². The second-order valence-electron chi connectivity index (χ2n) is 6.44. The average molecular weight is 382 g/mol. The summed E-state index contributed by atoms with van der Waals surface area (Å²) in [4.78, 5) is 19.7. The Balaban J connectivity index is 1.46. The molecule has 0 bridgehead atoms. The van der Waals surface area contributed by atoms with E-state index in [4.69, 9.17) is 10.5 Å². The zero-order valence-electron chi connectivity index (χ0n) is 15.5. The Hall–Kier alpha value is -4.09. The van der Waals surface area contributed by atoms with Crippen LogP contribution in [0.25, 0.3) is 32.2 Å². The number of hydrogen-bond donors (Lipinski definition) is 2. The fraction of sp³-hybridized carbons (Fsp3) is 0.0909. The van der Waals surface area contributed by atoms with Crippen LogP contribution in [0.5, 0.6) is 0 Å². The number of carbonyl (C=O) groups excluding carboxylic acids is 1. The zero-order chi connectivity index (χ0) is 20.1. The van der Waals surface area contributed by atoms with Crippen molar-refractivity contribution in [2.24, 2.45) is 5.11 Å². The number of rotatable bonds is 6. The van der Waals surface area contributed by atoms with Gasteiger partial charge in [-0.3, -0.25) is 4.79 Å². The first kappa shape index (κ1) is 18.3. The van der Waals surface area contributed by atoms with E-state index in [0.717, 1.165) is 27.5 Å². The lowest BCUT2D eigenvalue weighted by atomic mass is 10.1. The van der Waals surface area contributed by atoms with Crippen molar-refractivity contribution < 1.29 is 4.79 Å². The molecule has 0 aliphatic rings. The summed E-state index contributed by atoms with van der Waals surface area (Å²) in [5, 5.41) is 11.9. The highest BCUT2D eigenvalue weighted by Crippen LogP contribution is 2.30. The zero-order valence-corrected chi connectivity index (χ0v) is 15.5. The summed E-state index contributed by atoms with van der Waals surface area (Å²) in [6.07, 6.45) is 0. The Morgan fingerprint density at radius 1 is 0.897 bits per heavy atom. The first-order chi connectivity index (χ1) is 14.3. The minimum Gasteiger partial charge on any atom is -0.382 e. The summed E-state index contributed by atoms with van der Waals surface area (Å²) in [6, 6.07) is 22.5. The molecule has 0 fully saturated rings. The predicted octanol–water partition coefficient (Wildman–Crippen LogP) is 5.17. The van der Waals surface area contributed by atoms with Gasteiger partial charge in [0.25, 0.3) is 5.91 Å². The molecule has 1 aromatic heterocycles. The van der Waals surface area contributed by atoms with Crippen molar-refractivity contribution in [3.8, 4) is 0 Å². The molecule has 0 unspecified atom stereocenters. The number of amides is 1. The molecule has 1 amide bonds. The maximum Gasteiger partial charge on any atom is 0.251 e. The van der Waals surface area contributed by atoms with Gasteiger partial charge in [0.1, 0.15) is 0 Å². The molecule has 0 spiro atoms. The van der Waals surface area contributed by atoms with E-state index >= 15 is 0 Å². The lowest BCUT2D eigenvalue weighted by molar-refractivity contribution is 0.0955. The SMILES string of the molecule is [N-]=[N+]=Nc1ccc(C(=O)NCCNc2c3ccccc3nc3ccccc23)cc1. The number of aromatic nitrogens is 1. The van der Waals surface area contributed by atoms with Gasteiger partial charge in [-0.25, -0.2) is 4.98 Å². The number of azide groups is 1. The van der Waals surface area contributed by atoms with Crippen LogP contribution in [0.15, 0.2) is 77.9 Å². The van der Waals surface area contributed by atoms with Crippen molar-refractivity contribution in [1.82, 2.24) is 10.3 Å². The summed E-state index contributed by atoms with van der Waals surface area (Å²) in [7, 11) is 0. The summed E-state index contributed by atoms with van der Waals surface area (Å²) in [6.45, 7) is 1.03. The molecule has 0 atom stereocenters. The Kier molecular flexibility index (Phi) is 5.23. The van der Waals surface area contributed by atoms with E-state index in [-0.39, 0.29) is 5.91 Å². The fourth-order valence-corrected chi connectivity index (χ4v) is 3.23. The number of para-hydroxylation sites is 2. The number of benzene rings is 3. The van der Waals surface area contributed by atoms with Crippen LogP contribution < -0.4 is 10.6 Å². The van der Waals surface area contributed by atoms with Crippen LogP contribution in [0, 0.1) is 0 Å². The highest BCUT2D eigenvalue weighted by molar-refractivity contribution is 6.07. The van der Waals surface area contributed by atoms with Gasteiger partial charge in [0.2, 0.25) is 0 Å². The van der Waals surface area contributed by atoms with E-state index in [1.54, 1.807) is 24.3 Å². The van der Waals surface area contributed by atoms with E-state index in [1.165, 1.54) is 0 Å². The second kappa shape index (κ2) is 8.29. The topological polar surface area (TPSA) is 103 Å². The molecule has 4 aromatic rings. The van der Waals surface area contributed by atoms with Crippen LogP contribution in [0.3, 0.4) is 0 Å². The molecule has 29 heavy (non-hydrogen) atoms. The van der Waals surface area contributed by atoms with Crippen molar-refractivity contribution in [3.63, 3.8) is 0 Å². The smallest absolute Gasteiger partial charge is 0.251 e. The average Bonchev–Trinajstić information content (AvgIpc) is 2.76. The van der Waals surface area contributed by atoms with Crippen molar-refractivity contribution in [2.75, 3.05) is 18.4 Å². The summed E-state index contributed by atoms with van der Waals surface area (Å²) < 4.78 is 0. The van der Waals surface area contributed by atoms with Gasteiger partial charge in [-0.2, -0.15) is 0 Å². The number of anilines is 1. The molecule has 0 radical (unpaired) electrons. The lowest BCUT2D eigenvalue weighted by Crippen LogP contribution is -2.28. The van der Waals surface area contributed by atoms with Gasteiger partial charge in [-0.15, -0.1) is 0 Å². The summed E-state index contributed by atoms with van der Waals surface area (Å²) >= 11 is 0. The molecule has 4 rings (SSSR count). The maximum absolute atomic E-state index is 12.3. The summed E-state index contributed by atoms with van der Waals surface area (Å²) in [5.41, 5.74) is 12.3. The molecule has 1 heterocycles. The highest BCUT2D eigenvalue weighted by atomic mass is 16.1. The first-order valence-corrected chi connectivity index (χ1v) is 9.21. The van der Waals surface area contributed by atoms with Gasteiger partial charge < -0.3 is 10.6 Å². The van der Waals surface area contributed by atoms with Crippen molar-refractivity contribution in [1.29, 1.82) is 0 Å². The number of hydrogen-bond acceptors (Lipinski definition) is 4. The molecule has 0 saturated carbocycles. The van der Waals surface area contributed by atoms with Crippen LogP contribution >= 0.6 is 0 Å². The number of fused-ring (bicyclic) bond motifs is 2. The first-order valence-electron chi connectivity index (χ1n) is 9.21. The van der Waals surface area contributed by atoms with Crippen molar-refractivity contribution in [3.05, 3.63) is 88.8 Å². The molecule has 7 heteroatoms. The van der Waals surface area contributed by atoms with Crippen LogP contribution in [0.1, 0.15) is 10.4 Å². The van der Waals surface area contributed by atoms with Crippen LogP contribution in [-0.4, -0.2) is 24.0 Å².